The van der Waals surface area contributed by atoms with Crippen molar-refractivity contribution in [3.63, 3.8) is 0 Å². The first-order valence-corrected chi connectivity index (χ1v) is 3.63. The van der Waals surface area contributed by atoms with Crippen molar-refractivity contribution in [3.05, 3.63) is 12.2 Å². The minimum atomic E-state index is 0.648. The van der Waals surface area contributed by atoms with Crippen LogP contribution in [-0.4, -0.2) is 5.71 Å². The number of fused-ring (bicyclic) bond motifs is 1. The van der Waals surface area contributed by atoms with Crippen molar-refractivity contribution in [1.29, 1.82) is 5.41 Å². The summed E-state index contributed by atoms with van der Waals surface area (Å²) in [5, 5.41) is 7.49. The van der Waals surface area contributed by atoms with E-state index in [4.69, 9.17) is 5.41 Å². The van der Waals surface area contributed by atoms with Gasteiger partial charge in [0.2, 0.25) is 0 Å². The fraction of sp³-hybridized carbons (Fsp3) is 0.625. The largest absolute Gasteiger partial charge is 0.305 e. The van der Waals surface area contributed by atoms with Crippen molar-refractivity contribution in [2.24, 2.45) is 11.8 Å². The minimum Gasteiger partial charge on any atom is -0.305 e. The van der Waals surface area contributed by atoms with Gasteiger partial charge in [0.1, 0.15) is 0 Å². The topological polar surface area (TPSA) is 23.9 Å². The van der Waals surface area contributed by atoms with Gasteiger partial charge >= 0.3 is 0 Å². The molecule has 2 unspecified atom stereocenters. The van der Waals surface area contributed by atoms with E-state index in [0.29, 0.717) is 5.92 Å². The molecule has 2 rings (SSSR count). The van der Waals surface area contributed by atoms with Crippen LogP contribution in [-0.2, 0) is 0 Å². The molecule has 2 atom stereocenters. The third kappa shape index (κ3) is 0.640. The van der Waals surface area contributed by atoms with Gasteiger partial charge < -0.3 is 5.41 Å². The Balaban J connectivity index is 2.19. The summed E-state index contributed by atoms with van der Waals surface area (Å²) in [6.45, 7) is 0. The predicted octanol–water partition coefficient (Wildman–Crippen LogP) is 1.99. The van der Waals surface area contributed by atoms with Gasteiger partial charge in [-0.2, -0.15) is 0 Å². The minimum absolute atomic E-state index is 0.648. The molecule has 1 N–H and O–H groups in total. The number of allylic oxidation sites excluding steroid dienone is 2. The van der Waals surface area contributed by atoms with Gasteiger partial charge in [0.15, 0.2) is 0 Å². The molecule has 2 aliphatic carbocycles. The molecule has 1 nitrogen and oxygen atoms in total. The van der Waals surface area contributed by atoms with Crippen LogP contribution in [0.2, 0.25) is 0 Å². The molecule has 48 valence electrons. The van der Waals surface area contributed by atoms with E-state index in [1.807, 2.05) is 6.08 Å². The summed E-state index contributed by atoms with van der Waals surface area (Å²) in [5.74, 6) is 1.50. The van der Waals surface area contributed by atoms with Gasteiger partial charge in [-0.05, 0) is 31.3 Å². The Morgan fingerprint density at radius 2 is 2.33 bits per heavy atom. The lowest BCUT2D eigenvalue weighted by Gasteiger charge is -2.38. The highest BCUT2D eigenvalue weighted by molar-refractivity contribution is 5.95. The van der Waals surface area contributed by atoms with E-state index in [1.54, 1.807) is 0 Å². The van der Waals surface area contributed by atoms with Gasteiger partial charge in [-0.3, -0.25) is 0 Å². The molecule has 0 saturated heterocycles. The highest BCUT2D eigenvalue weighted by Crippen LogP contribution is 2.40. The van der Waals surface area contributed by atoms with Crippen LogP contribution >= 0.6 is 0 Å². The van der Waals surface area contributed by atoms with E-state index in [-0.39, 0.29) is 0 Å². The zero-order valence-corrected chi connectivity index (χ0v) is 5.43. The first-order chi connectivity index (χ1) is 4.38. The Morgan fingerprint density at radius 3 is 2.78 bits per heavy atom. The van der Waals surface area contributed by atoms with Crippen LogP contribution in [0.15, 0.2) is 12.2 Å². The van der Waals surface area contributed by atoms with Crippen LogP contribution in [0.1, 0.15) is 19.3 Å². The molecule has 0 aromatic rings. The lowest BCUT2D eigenvalue weighted by atomic mass is 9.67. The van der Waals surface area contributed by atoms with Crippen molar-refractivity contribution in [3.8, 4) is 0 Å². The van der Waals surface area contributed by atoms with Crippen molar-refractivity contribution in [1.82, 2.24) is 0 Å². The number of hydrogen-bond donors (Lipinski definition) is 1. The van der Waals surface area contributed by atoms with Gasteiger partial charge in [-0.1, -0.05) is 6.08 Å². The lowest BCUT2D eigenvalue weighted by molar-refractivity contribution is 0.245. The summed E-state index contributed by atoms with van der Waals surface area (Å²) < 4.78 is 0. The van der Waals surface area contributed by atoms with E-state index in [0.717, 1.165) is 11.6 Å². The first kappa shape index (κ1) is 5.21. The Morgan fingerprint density at radius 1 is 1.44 bits per heavy atom. The van der Waals surface area contributed by atoms with Crippen LogP contribution in [0.25, 0.3) is 0 Å². The van der Waals surface area contributed by atoms with E-state index < -0.39 is 0 Å². The molecule has 0 heterocycles. The van der Waals surface area contributed by atoms with Gasteiger partial charge in [-0.15, -0.1) is 0 Å². The molecule has 0 aromatic heterocycles. The summed E-state index contributed by atoms with van der Waals surface area (Å²) in [6.07, 6.45) is 7.97. The van der Waals surface area contributed by atoms with E-state index in [9.17, 15) is 0 Å². The standard InChI is InChI=1S/C8H11N/c9-8-3-1-2-6-4-5-7(6)8/h1,3,6-7,9H,2,4-5H2. The third-order valence-electron chi connectivity index (χ3n) is 2.55. The average molecular weight is 121 g/mol. The SMILES string of the molecule is N=C1C=CCC2CCC12. The Kier molecular flexibility index (Phi) is 0.981. The van der Waals surface area contributed by atoms with E-state index in [1.165, 1.54) is 19.3 Å². The van der Waals surface area contributed by atoms with Crippen molar-refractivity contribution >= 4 is 5.71 Å². The summed E-state index contributed by atoms with van der Waals surface area (Å²) >= 11 is 0. The van der Waals surface area contributed by atoms with Crippen LogP contribution in [0, 0.1) is 17.2 Å². The molecule has 0 aromatic carbocycles. The van der Waals surface area contributed by atoms with Crippen molar-refractivity contribution < 1.29 is 0 Å². The average Bonchev–Trinajstić information content (AvgIpc) is 1.74. The highest BCUT2D eigenvalue weighted by Gasteiger charge is 2.33. The predicted molar refractivity (Wildman–Crippen MR) is 37.7 cm³/mol. The zero-order valence-electron chi connectivity index (χ0n) is 5.43. The van der Waals surface area contributed by atoms with Gasteiger partial charge in [0.05, 0.1) is 0 Å². The smallest absolute Gasteiger partial charge is 0.0344 e. The highest BCUT2D eigenvalue weighted by atomic mass is 14.5. The second-order valence-corrected chi connectivity index (χ2v) is 3.04. The van der Waals surface area contributed by atoms with Gasteiger partial charge in [0.25, 0.3) is 0 Å². The molecule has 0 aliphatic heterocycles. The van der Waals surface area contributed by atoms with Gasteiger partial charge in [-0.25, -0.2) is 0 Å². The maximum Gasteiger partial charge on any atom is 0.0344 e. The van der Waals surface area contributed by atoms with Crippen LogP contribution < -0.4 is 0 Å². The molecule has 9 heavy (non-hydrogen) atoms. The molecule has 0 amide bonds. The number of rotatable bonds is 0. The summed E-state index contributed by atoms with van der Waals surface area (Å²) in [4.78, 5) is 0. The molecule has 2 aliphatic rings. The Labute approximate surface area is 55.3 Å². The second-order valence-electron chi connectivity index (χ2n) is 3.04. The fourth-order valence-corrected chi connectivity index (χ4v) is 1.75. The number of nitrogens with one attached hydrogen (secondary N) is 1. The molecule has 0 radical (unpaired) electrons. The van der Waals surface area contributed by atoms with Crippen LogP contribution in [0.3, 0.4) is 0 Å². The van der Waals surface area contributed by atoms with Crippen molar-refractivity contribution in [2.75, 3.05) is 0 Å². The van der Waals surface area contributed by atoms with Crippen LogP contribution in [0.5, 0.6) is 0 Å². The monoisotopic (exact) mass is 121 g/mol. The van der Waals surface area contributed by atoms with Crippen LogP contribution in [0.4, 0.5) is 0 Å². The normalized spacial score (nSPS) is 39.8. The molecular formula is C8H11N. The zero-order chi connectivity index (χ0) is 6.27. The molecular weight excluding hydrogens is 110 g/mol. The van der Waals surface area contributed by atoms with Gasteiger partial charge in [0, 0.05) is 11.6 Å². The Hall–Kier alpha value is -0.590. The van der Waals surface area contributed by atoms with Crippen molar-refractivity contribution in [2.45, 2.75) is 19.3 Å². The molecule has 0 spiro atoms. The summed E-state index contributed by atoms with van der Waals surface area (Å²) in [5.41, 5.74) is 0.873. The summed E-state index contributed by atoms with van der Waals surface area (Å²) in [7, 11) is 0. The van der Waals surface area contributed by atoms with E-state index >= 15 is 0 Å². The maximum atomic E-state index is 7.49. The van der Waals surface area contributed by atoms with E-state index in [2.05, 4.69) is 6.08 Å². The molecule has 0 bridgehead atoms. The second kappa shape index (κ2) is 1.69. The summed E-state index contributed by atoms with van der Waals surface area (Å²) in [6, 6.07) is 0. The molecule has 1 fully saturated rings. The first-order valence-electron chi connectivity index (χ1n) is 3.63. The maximum absolute atomic E-state index is 7.49. The molecule has 1 heteroatoms. The number of hydrogen-bond acceptors (Lipinski definition) is 1. The lowest BCUT2D eigenvalue weighted by Crippen LogP contribution is -2.33. The fourth-order valence-electron chi connectivity index (χ4n) is 1.75. The molecule has 1 saturated carbocycles. The third-order valence-corrected chi connectivity index (χ3v) is 2.55. The Bertz CT molecular complexity index is 169. The quantitative estimate of drug-likeness (QED) is 0.506.